The van der Waals surface area contributed by atoms with Gasteiger partial charge in [-0.05, 0) is 47.7 Å². The molecule has 1 aliphatic heterocycles. The van der Waals surface area contributed by atoms with Crippen LogP contribution in [0.1, 0.15) is 51.0 Å². The third kappa shape index (κ3) is 2.75. The summed E-state index contributed by atoms with van der Waals surface area (Å²) in [6.45, 7) is 0. The lowest BCUT2D eigenvalue weighted by Crippen LogP contribution is -2.20. The Labute approximate surface area is 165 Å². The van der Waals surface area contributed by atoms with E-state index in [9.17, 15) is 27.5 Å². The van der Waals surface area contributed by atoms with E-state index < -0.39 is 29.6 Å². The maximum Gasteiger partial charge on any atom is 0.420 e. The Balaban J connectivity index is 1.81. The van der Waals surface area contributed by atoms with Crippen molar-refractivity contribution in [3.8, 4) is 5.75 Å². The van der Waals surface area contributed by atoms with Gasteiger partial charge in [0.1, 0.15) is 16.9 Å². The number of aryl methyl sites for hydroxylation is 1. The monoisotopic (exact) mass is 459 g/mol. The molecule has 2 aromatic rings. The van der Waals surface area contributed by atoms with Gasteiger partial charge >= 0.3 is 12.1 Å². The molecule has 0 radical (unpaired) electrons. The van der Waals surface area contributed by atoms with Crippen LogP contribution in [0.25, 0.3) is 0 Å². The third-order valence-electron chi connectivity index (χ3n) is 5.36. The number of hydrogen-bond donors (Lipinski definition) is 2. The molecule has 28 heavy (non-hydrogen) atoms. The van der Waals surface area contributed by atoms with Crippen LogP contribution in [0.5, 0.6) is 5.75 Å². The number of fused-ring (bicyclic) bond motifs is 5. The average molecular weight is 460 g/mol. The van der Waals surface area contributed by atoms with Crippen LogP contribution in [-0.4, -0.2) is 18.2 Å². The van der Waals surface area contributed by atoms with Crippen molar-refractivity contribution in [3.05, 3.63) is 56.3 Å². The number of methoxy groups -OCH3 is 1. The van der Waals surface area contributed by atoms with Crippen LogP contribution in [0.2, 0.25) is 0 Å². The van der Waals surface area contributed by atoms with E-state index in [1.807, 2.05) is 0 Å². The SMILES string of the molecule is COC(=O)c1cc2c(cc1O)C1Nc3c(cc(Br)c(C(F)(F)F)c3F)C1CC2. The molecule has 0 saturated carbocycles. The lowest BCUT2D eigenvalue weighted by molar-refractivity contribution is -0.140. The van der Waals surface area contributed by atoms with E-state index in [0.29, 0.717) is 24.0 Å². The van der Waals surface area contributed by atoms with Crippen LogP contribution in [0.15, 0.2) is 22.7 Å². The highest BCUT2D eigenvalue weighted by molar-refractivity contribution is 9.10. The number of halogens is 5. The van der Waals surface area contributed by atoms with Crippen molar-refractivity contribution in [1.29, 1.82) is 0 Å². The number of phenols is 1. The average Bonchev–Trinajstić information content (AvgIpc) is 2.98. The summed E-state index contributed by atoms with van der Waals surface area (Å²) in [6.07, 6.45) is -3.75. The molecule has 4 rings (SSSR count). The normalized spacial score (nSPS) is 20.1. The van der Waals surface area contributed by atoms with Gasteiger partial charge in [-0.25, -0.2) is 9.18 Å². The summed E-state index contributed by atoms with van der Waals surface area (Å²) in [7, 11) is 1.20. The Hall–Kier alpha value is -2.29. The molecule has 0 aromatic heterocycles. The van der Waals surface area contributed by atoms with Crippen LogP contribution in [-0.2, 0) is 17.3 Å². The fraction of sp³-hybridized carbons (Fsp3) is 0.316. The second-order valence-electron chi connectivity index (χ2n) is 6.84. The van der Waals surface area contributed by atoms with Crippen LogP contribution in [0, 0.1) is 5.82 Å². The number of hydrogen-bond acceptors (Lipinski definition) is 4. The summed E-state index contributed by atoms with van der Waals surface area (Å²) in [5, 5.41) is 13.1. The molecule has 2 N–H and O–H groups in total. The molecule has 4 nitrogen and oxygen atoms in total. The predicted octanol–water partition coefficient (Wildman–Crippen LogP) is 5.30. The summed E-state index contributed by atoms with van der Waals surface area (Å²) in [5.41, 5.74) is 0.349. The number of anilines is 1. The first kappa shape index (κ1) is 19.0. The Morgan fingerprint density at radius 3 is 2.64 bits per heavy atom. The highest BCUT2D eigenvalue weighted by Gasteiger charge is 2.44. The maximum absolute atomic E-state index is 14.7. The number of phenolic OH excluding ortho intramolecular Hbond substituents is 1. The van der Waals surface area contributed by atoms with Gasteiger partial charge in [0.2, 0.25) is 0 Å². The molecule has 2 unspecified atom stereocenters. The second-order valence-corrected chi connectivity index (χ2v) is 7.69. The minimum atomic E-state index is -4.83. The van der Waals surface area contributed by atoms with Crippen molar-refractivity contribution < 1.29 is 32.2 Å². The summed E-state index contributed by atoms with van der Waals surface area (Å²) in [5.74, 6) is -2.57. The first-order valence-corrected chi connectivity index (χ1v) is 9.22. The molecule has 2 atom stereocenters. The van der Waals surface area contributed by atoms with E-state index >= 15 is 0 Å². The van der Waals surface area contributed by atoms with Crippen molar-refractivity contribution in [2.45, 2.75) is 31.0 Å². The van der Waals surface area contributed by atoms with E-state index in [4.69, 9.17) is 0 Å². The molecular formula is C19H14BrF4NO3. The number of benzene rings is 2. The number of rotatable bonds is 1. The van der Waals surface area contributed by atoms with Gasteiger partial charge in [-0.3, -0.25) is 0 Å². The predicted molar refractivity (Wildman–Crippen MR) is 96.0 cm³/mol. The molecule has 0 saturated heterocycles. The number of nitrogens with one attached hydrogen (secondary N) is 1. The zero-order chi connectivity index (χ0) is 20.4. The highest BCUT2D eigenvalue weighted by atomic mass is 79.9. The molecular weight excluding hydrogens is 446 g/mol. The van der Waals surface area contributed by atoms with Gasteiger partial charge in [0.25, 0.3) is 0 Å². The number of carbonyl (C=O) groups is 1. The molecule has 1 heterocycles. The summed E-state index contributed by atoms with van der Waals surface area (Å²) >= 11 is 2.85. The number of esters is 1. The van der Waals surface area contributed by atoms with Gasteiger partial charge in [-0.1, -0.05) is 15.9 Å². The van der Waals surface area contributed by atoms with Gasteiger partial charge in [0, 0.05) is 10.4 Å². The van der Waals surface area contributed by atoms with Crippen molar-refractivity contribution in [2.24, 2.45) is 0 Å². The molecule has 2 aliphatic rings. The fourth-order valence-corrected chi connectivity index (χ4v) is 4.77. The van der Waals surface area contributed by atoms with Crippen LogP contribution >= 0.6 is 15.9 Å². The molecule has 1 aliphatic carbocycles. The Bertz CT molecular complexity index is 1010. The second kappa shape index (κ2) is 6.37. The van der Waals surface area contributed by atoms with Crippen LogP contribution in [0.3, 0.4) is 0 Å². The maximum atomic E-state index is 14.7. The topological polar surface area (TPSA) is 58.6 Å². The number of aromatic hydroxyl groups is 1. The summed E-state index contributed by atoms with van der Waals surface area (Å²) in [4.78, 5) is 11.8. The van der Waals surface area contributed by atoms with Crippen LogP contribution in [0.4, 0.5) is 23.2 Å². The molecule has 148 valence electrons. The quantitative estimate of drug-likeness (QED) is 0.449. The number of alkyl halides is 3. The van der Waals surface area contributed by atoms with Gasteiger partial charge in [0.15, 0.2) is 5.82 Å². The van der Waals surface area contributed by atoms with E-state index in [2.05, 4.69) is 26.0 Å². The van der Waals surface area contributed by atoms with Gasteiger partial charge in [0.05, 0.1) is 18.8 Å². The smallest absolute Gasteiger partial charge is 0.420 e. The molecule has 0 spiro atoms. The van der Waals surface area contributed by atoms with E-state index in [-0.39, 0.29) is 27.4 Å². The lowest BCUT2D eigenvalue weighted by atomic mass is 9.78. The molecule has 2 aromatic carbocycles. The molecule has 0 fully saturated rings. The van der Waals surface area contributed by atoms with Crippen molar-refractivity contribution in [1.82, 2.24) is 0 Å². The zero-order valence-corrected chi connectivity index (χ0v) is 16.0. The van der Waals surface area contributed by atoms with Gasteiger partial charge in [-0.15, -0.1) is 0 Å². The Morgan fingerprint density at radius 1 is 1.29 bits per heavy atom. The molecule has 0 bridgehead atoms. The lowest BCUT2D eigenvalue weighted by Gasteiger charge is -2.29. The largest absolute Gasteiger partial charge is 0.507 e. The summed E-state index contributed by atoms with van der Waals surface area (Å²) in [6, 6.07) is 3.73. The van der Waals surface area contributed by atoms with Crippen molar-refractivity contribution in [3.63, 3.8) is 0 Å². The van der Waals surface area contributed by atoms with Gasteiger partial charge < -0.3 is 15.2 Å². The Morgan fingerprint density at radius 2 is 2.00 bits per heavy atom. The minimum Gasteiger partial charge on any atom is -0.507 e. The van der Waals surface area contributed by atoms with E-state index in [1.54, 1.807) is 0 Å². The molecule has 9 heteroatoms. The van der Waals surface area contributed by atoms with Crippen molar-refractivity contribution >= 4 is 27.6 Å². The van der Waals surface area contributed by atoms with E-state index in [0.717, 1.165) is 5.56 Å². The zero-order valence-electron chi connectivity index (χ0n) is 14.5. The van der Waals surface area contributed by atoms with Crippen LogP contribution < -0.4 is 5.32 Å². The standard InChI is InChI=1S/C19H14BrF4NO3/c1-28-18(27)11-4-7-2-3-8-10-5-12(20)14(19(22,23)24)15(21)17(10)25-16(8)9(7)6-13(11)26/h4-6,8,16,25-26H,2-3H2,1H3. The molecule has 0 amide bonds. The van der Waals surface area contributed by atoms with Crippen molar-refractivity contribution in [2.75, 3.05) is 12.4 Å². The number of carbonyl (C=O) groups excluding carboxylic acids is 1. The number of ether oxygens (including phenoxy) is 1. The van der Waals surface area contributed by atoms with E-state index in [1.165, 1.54) is 25.3 Å². The first-order valence-electron chi connectivity index (χ1n) is 8.43. The highest BCUT2D eigenvalue weighted by Crippen LogP contribution is 2.54. The first-order chi connectivity index (χ1) is 13.1. The summed E-state index contributed by atoms with van der Waals surface area (Å²) < 4.78 is 58.7. The third-order valence-corrected chi connectivity index (χ3v) is 5.98. The fourth-order valence-electron chi connectivity index (χ4n) is 4.13. The van der Waals surface area contributed by atoms with Gasteiger partial charge in [-0.2, -0.15) is 13.2 Å². The Kier molecular flexibility index (Phi) is 4.33. The minimum absolute atomic E-state index is 0.0171.